The summed E-state index contributed by atoms with van der Waals surface area (Å²) in [5.41, 5.74) is 0. The van der Waals surface area contributed by atoms with Crippen LogP contribution in [0.25, 0.3) is 0 Å². The highest BCUT2D eigenvalue weighted by Gasteiger charge is 2.32. The molecule has 1 heterocycles. The minimum atomic E-state index is -0.388. The van der Waals surface area contributed by atoms with Gasteiger partial charge in [0.15, 0.2) is 0 Å². The van der Waals surface area contributed by atoms with Crippen LogP contribution in [-0.2, 0) is 9.59 Å². The van der Waals surface area contributed by atoms with E-state index in [1.165, 1.54) is 4.90 Å². The molecule has 0 spiro atoms. The number of carbonyl (C=O) groups is 2. The molecule has 1 aliphatic rings. The number of nitriles is 1. The fourth-order valence-corrected chi connectivity index (χ4v) is 1.36. The summed E-state index contributed by atoms with van der Waals surface area (Å²) < 4.78 is 0. The number of amides is 2. The second-order valence-electron chi connectivity index (χ2n) is 2.94. The Morgan fingerprint density at radius 1 is 1.85 bits per heavy atom. The summed E-state index contributed by atoms with van der Waals surface area (Å²) in [6.07, 6.45) is 0.966. The molecule has 1 rings (SSSR count). The van der Waals surface area contributed by atoms with E-state index in [0.717, 1.165) is 0 Å². The van der Waals surface area contributed by atoms with Gasteiger partial charge in [-0.05, 0) is 6.42 Å². The van der Waals surface area contributed by atoms with E-state index in [9.17, 15) is 9.59 Å². The van der Waals surface area contributed by atoms with Crippen LogP contribution >= 0.6 is 0 Å². The quantitative estimate of drug-likeness (QED) is 0.569. The average molecular weight is 181 g/mol. The van der Waals surface area contributed by atoms with Crippen molar-refractivity contribution < 1.29 is 9.59 Å². The van der Waals surface area contributed by atoms with Gasteiger partial charge >= 0.3 is 0 Å². The molecule has 5 heteroatoms. The Labute approximate surface area is 76.3 Å². The van der Waals surface area contributed by atoms with Crippen molar-refractivity contribution in [1.82, 2.24) is 10.2 Å². The monoisotopic (exact) mass is 181 g/mol. The van der Waals surface area contributed by atoms with Crippen molar-refractivity contribution in [3.8, 4) is 6.07 Å². The first-order chi connectivity index (χ1) is 6.16. The van der Waals surface area contributed by atoms with E-state index in [1.54, 1.807) is 7.05 Å². The van der Waals surface area contributed by atoms with Gasteiger partial charge in [-0.15, -0.1) is 0 Å². The molecule has 1 N–H and O–H groups in total. The van der Waals surface area contributed by atoms with Gasteiger partial charge in [-0.1, -0.05) is 0 Å². The largest absolute Gasteiger partial charge is 0.341 e. The maximum absolute atomic E-state index is 11.3. The lowest BCUT2D eigenvalue weighted by Gasteiger charge is -2.17. The summed E-state index contributed by atoms with van der Waals surface area (Å²) in [4.78, 5) is 23.8. The molecule has 1 aliphatic heterocycles. The number of hydrogen-bond acceptors (Lipinski definition) is 3. The standard InChI is InChI=1S/C8H11N3O2/c1-11-6(2-3-7(11)12)8(13)10-5-4-9/h6H,2-3,5H2,1H3,(H,10,13)/t6-/m0/s1. The van der Waals surface area contributed by atoms with E-state index in [4.69, 9.17) is 5.26 Å². The van der Waals surface area contributed by atoms with Crippen LogP contribution in [0.5, 0.6) is 0 Å². The topological polar surface area (TPSA) is 73.2 Å². The van der Waals surface area contributed by atoms with Crippen LogP contribution in [0.2, 0.25) is 0 Å². The van der Waals surface area contributed by atoms with Crippen LogP contribution in [0.4, 0.5) is 0 Å². The Bertz CT molecular complexity index is 269. The second-order valence-corrected chi connectivity index (χ2v) is 2.94. The Morgan fingerprint density at radius 3 is 3.00 bits per heavy atom. The minimum Gasteiger partial charge on any atom is -0.341 e. The number of rotatable bonds is 2. The number of carbonyl (C=O) groups excluding carboxylic acids is 2. The molecule has 0 bridgehead atoms. The van der Waals surface area contributed by atoms with Gasteiger partial charge in [0.1, 0.15) is 12.6 Å². The fraction of sp³-hybridized carbons (Fsp3) is 0.625. The van der Waals surface area contributed by atoms with Gasteiger partial charge in [-0.2, -0.15) is 5.26 Å². The lowest BCUT2D eigenvalue weighted by atomic mass is 10.2. The molecule has 13 heavy (non-hydrogen) atoms. The first-order valence-corrected chi connectivity index (χ1v) is 4.07. The third-order valence-electron chi connectivity index (χ3n) is 2.14. The summed E-state index contributed by atoms with van der Waals surface area (Å²) >= 11 is 0. The maximum atomic E-state index is 11.3. The lowest BCUT2D eigenvalue weighted by Crippen LogP contribution is -2.42. The molecular formula is C8H11N3O2. The van der Waals surface area contributed by atoms with Crippen LogP contribution < -0.4 is 5.32 Å². The zero-order valence-corrected chi connectivity index (χ0v) is 7.41. The molecule has 1 saturated heterocycles. The van der Waals surface area contributed by atoms with Crippen molar-refractivity contribution in [2.24, 2.45) is 0 Å². The molecule has 0 unspecified atom stereocenters. The van der Waals surface area contributed by atoms with Gasteiger partial charge in [0.05, 0.1) is 6.07 Å². The van der Waals surface area contributed by atoms with Crippen LogP contribution in [0, 0.1) is 11.3 Å². The number of nitrogens with one attached hydrogen (secondary N) is 1. The second kappa shape index (κ2) is 3.90. The average Bonchev–Trinajstić information content (AvgIpc) is 2.44. The predicted octanol–water partition coefficient (Wildman–Crippen LogP) is -0.753. The molecule has 0 aliphatic carbocycles. The van der Waals surface area contributed by atoms with Crippen LogP contribution in [0.1, 0.15) is 12.8 Å². The molecular weight excluding hydrogens is 170 g/mol. The predicted molar refractivity (Wildman–Crippen MR) is 44.4 cm³/mol. The highest BCUT2D eigenvalue weighted by molar-refractivity contribution is 5.90. The highest BCUT2D eigenvalue weighted by Crippen LogP contribution is 2.15. The zero-order valence-electron chi connectivity index (χ0n) is 7.41. The smallest absolute Gasteiger partial charge is 0.243 e. The maximum Gasteiger partial charge on any atom is 0.243 e. The Hall–Kier alpha value is -1.57. The molecule has 0 radical (unpaired) electrons. The van der Waals surface area contributed by atoms with Gasteiger partial charge in [-0.3, -0.25) is 9.59 Å². The van der Waals surface area contributed by atoms with Crippen LogP contribution in [0.15, 0.2) is 0 Å². The molecule has 70 valence electrons. The van der Waals surface area contributed by atoms with Crippen molar-refractivity contribution in [3.63, 3.8) is 0 Å². The third-order valence-corrected chi connectivity index (χ3v) is 2.14. The molecule has 0 aromatic heterocycles. The SMILES string of the molecule is CN1C(=O)CC[C@H]1C(=O)NCC#N. The number of nitrogens with zero attached hydrogens (tertiary/aromatic N) is 2. The van der Waals surface area contributed by atoms with Gasteiger partial charge in [0.25, 0.3) is 0 Å². The normalized spacial score (nSPS) is 21.4. The number of likely N-dealkylation sites (tertiary alicyclic amines) is 1. The zero-order chi connectivity index (χ0) is 9.84. The fourth-order valence-electron chi connectivity index (χ4n) is 1.36. The summed E-state index contributed by atoms with van der Waals surface area (Å²) in [6.45, 7) is -0.00262. The number of hydrogen-bond donors (Lipinski definition) is 1. The van der Waals surface area contributed by atoms with E-state index >= 15 is 0 Å². The van der Waals surface area contributed by atoms with Crippen molar-refractivity contribution in [3.05, 3.63) is 0 Å². The van der Waals surface area contributed by atoms with E-state index in [2.05, 4.69) is 5.32 Å². The molecule has 1 atom stereocenters. The first-order valence-electron chi connectivity index (χ1n) is 4.07. The summed E-state index contributed by atoms with van der Waals surface area (Å²) in [5, 5.41) is 10.7. The van der Waals surface area contributed by atoms with Crippen LogP contribution in [-0.4, -0.2) is 36.3 Å². The van der Waals surface area contributed by atoms with E-state index in [-0.39, 0.29) is 24.4 Å². The van der Waals surface area contributed by atoms with E-state index < -0.39 is 0 Å². The first kappa shape index (κ1) is 9.52. The molecule has 1 fully saturated rings. The summed E-state index contributed by atoms with van der Waals surface area (Å²) in [7, 11) is 1.60. The third kappa shape index (κ3) is 1.96. The number of likely N-dealkylation sites (N-methyl/N-ethyl adjacent to an activating group) is 1. The van der Waals surface area contributed by atoms with Gasteiger partial charge in [0, 0.05) is 13.5 Å². The molecule has 0 aromatic carbocycles. The van der Waals surface area contributed by atoms with E-state index in [1.807, 2.05) is 6.07 Å². The van der Waals surface area contributed by atoms with E-state index in [0.29, 0.717) is 12.8 Å². The van der Waals surface area contributed by atoms with Gasteiger partial charge in [-0.25, -0.2) is 0 Å². The Kier molecular flexibility index (Phi) is 2.85. The summed E-state index contributed by atoms with van der Waals surface area (Å²) in [5.74, 6) is -0.257. The van der Waals surface area contributed by atoms with Crippen molar-refractivity contribution in [2.75, 3.05) is 13.6 Å². The minimum absolute atomic E-state index is 0.00262. The van der Waals surface area contributed by atoms with Crippen molar-refractivity contribution in [2.45, 2.75) is 18.9 Å². The van der Waals surface area contributed by atoms with Gasteiger partial charge < -0.3 is 10.2 Å². The van der Waals surface area contributed by atoms with Crippen molar-refractivity contribution >= 4 is 11.8 Å². The molecule has 2 amide bonds. The summed E-state index contributed by atoms with van der Waals surface area (Å²) in [6, 6.07) is 1.42. The lowest BCUT2D eigenvalue weighted by molar-refractivity contribution is -0.133. The van der Waals surface area contributed by atoms with Crippen LogP contribution in [0.3, 0.4) is 0 Å². The Balaban J connectivity index is 2.49. The molecule has 5 nitrogen and oxygen atoms in total. The Morgan fingerprint density at radius 2 is 2.54 bits per heavy atom. The van der Waals surface area contributed by atoms with Gasteiger partial charge in [0.2, 0.25) is 11.8 Å². The molecule has 0 aromatic rings. The highest BCUT2D eigenvalue weighted by atomic mass is 16.2. The molecule has 0 saturated carbocycles. The van der Waals surface area contributed by atoms with Crippen molar-refractivity contribution in [1.29, 1.82) is 5.26 Å².